The van der Waals surface area contributed by atoms with Crippen molar-refractivity contribution in [2.45, 2.75) is 56.5 Å². The zero-order valence-corrected chi connectivity index (χ0v) is 24.2. The number of benzene rings is 4. The first-order valence-corrected chi connectivity index (χ1v) is 15.6. The third-order valence-electron chi connectivity index (χ3n) is 9.81. The van der Waals surface area contributed by atoms with Gasteiger partial charge in [0.1, 0.15) is 0 Å². The van der Waals surface area contributed by atoms with Crippen molar-refractivity contribution in [2.75, 3.05) is 37.9 Å². The highest BCUT2D eigenvalue weighted by atomic mass is 16.6. The molecule has 4 aromatic rings. The van der Waals surface area contributed by atoms with Crippen LogP contribution in [0.5, 0.6) is 0 Å². The quantitative estimate of drug-likeness (QED) is 0.169. The molecule has 218 valence electrons. The van der Waals surface area contributed by atoms with Crippen LogP contribution in [0.4, 0.5) is 11.4 Å². The van der Waals surface area contributed by atoms with Crippen molar-refractivity contribution < 1.29 is 18.9 Å². The van der Waals surface area contributed by atoms with Gasteiger partial charge in [0.25, 0.3) is 0 Å². The van der Waals surface area contributed by atoms with Gasteiger partial charge in [-0.3, -0.25) is 0 Å². The standard InChI is InChI=1S/C37H36N2O4/c38-36-33(21-9-5-2-6-10-21)32(20-7-3-1-4-8-20)31-15-30-28(13-24-18-42-24)26(11-22-16-40-22)27(12-23-17-41-23)29(14-25-19-43-25)34(30)35(31)37(36)39/h1-10,22-25H,11-19,38-39H2. The lowest BCUT2D eigenvalue weighted by atomic mass is 9.80. The summed E-state index contributed by atoms with van der Waals surface area (Å²) in [5.41, 5.74) is 30.8. The number of hydrogen-bond donors (Lipinski definition) is 2. The van der Waals surface area contributed by atoms with E-state index in [9.17, 15) is 0 Å². The van der Waals surface area contributed by atoms with E-state index in [4.69, 9.17) is 30.4 Å². The first-order chi connectivity index (χ1) is 21.1. The van der Waals surface area contributed by atoms with Gasteiger partial charge in [0.2, 0.25) is 0 Å². The van der Waals surface area contributed by atoms with E-state index in [0.29, 0.717) is 11.4 Å². The Hall–Kier alpha value is -3.68. The topological polar surface area (TPSA) is 102 Å². The second kappa shape index (κ2) is 9.93. The Morgan fingerprint density at radius 1 is 0.465 bits per heavy atom. The lowest BCUT2D eigenvalue weighted by Gasteiger charge is -2.25. The summed E-state index contributed by atoms with van der Waals surface area (Å²) in [6, 6.07) is 21.2. The first kappa shape index (κ1) is 25.8. The van der Waals surface area contributed by atoms with E-state index in [1.54, 1.807) is 0 Å². The maximum atomic E-state index is 7.18. The number of fused-ring (bicyclic) bond motifs is 3. The van der Waals surface area contributed by atoms with Crippen molar-refractivity contribution in [3.63, 3.8) is 0 Å². The minimum atomic E-state index is 0.241. The third kappa shape index (κ3) is 4.64. The van der Waals surface area contributed by atoms with Crippen molar-refractivity contribution in [3.05, 3.63) is 94.0 Å². The Kier molecular flexibility index (Phi) is 5.95. The predicted molar refractivity (Wildman–Crippen MR) is 168 cm³/mol. The fourth-order valence-electron chi connectivity index (χ4n) is 7.46. The van der Waals surface area contributed by atoms with E-state index < -0.39 is 0 Å². The second-order valence-electron chi connectivity index (χ2n) is 12.7. The lowest BCUT2D eigenvalue weighted by Crippen LogP contribution is -2.16. The zero-order chi connectivity index (χ0) is 28.7. The fourth-order valence-corrected chi connectivity index (χ4v) is 7.46. The molecule has 0 amide bonds. The van der Waals surface area contributed by atoms with Crippen LogP contribution in [0, 0.1) is 0 Å². The molecule has 0 spiro atoms. The Bertz CT molecular complexity index is 1740. The number of anilines is 2. The maximum Gasteiger partial charge on any atom is 0.0850 e. The normalized spacial score (nSPS) is 24.0. The van der Waals surface area contributed by atoms with Gasteiger partial charge in [0, 0.05) is 36.8 Å². The van der Waals surface area contributed by atoms with Crippen LogP contribution in [0.15, 0.2) is 60.7 Å². The summed E-state index contributed by atoms with van der Waals surface area (Å²) in [6.07, 6.45) is 5.52. The second-order valence-corrected chi connectivity index (χ2v) is 12.7. The number of epoxide rings is 4. The third-order valence-corrected chi connectivity index (χ3v) is 9.81. The summed E-state index contributed by atoms with van der Waals surface area (Å²) in [7, 11) is 0. The molecule has 43 heavy (non-hydrogen) atoms. The van der Waals surface area contributed by atoms with Crippen molar-refractivity contribution in [2.24, 2.45) is 0 Å². The molecule has 0 radical (unpaired) electrons. The van der Waals surface area contributed by atoms with Crippen molar-refractivity contribution in [1.29, 1.82) is 0 Å². The molecule has 4 fully saturated rings. The van der Waals surface area contributed by atoms with Gasteiger partial charge in [-0.15, -0.1) is 0 Å². The van der Waals surface area contributed by atoms with Crippen LogP contribution >= 0.6 is 0 Å². The number of ether oxygens (including phenoxy) is 4. The predicted octanol–water partition coefficient (Wildman–Crippen LogP) is 5.52. The van der Waals surface area contributed by atoms with E-state index >= 15 is 0 Å². The highest BCUT2D eigenvalue weighted by Gasteiger charge is 2.41. The summed E-state index contributed by atoms with van der Waals surface area (Å²) in [5.74, 6) is 0. The Morgan fingerprint density at radius 2 is 0.884 bits per heavy atom. The van der Waals surface area contributed by atoms with E-state index in [-0.39, 0.29) is 24.4 Å². The number of hydrogen-bond acceptors (Lipinski definition) is 6. The van der Waals surface area contributed by atoms with Crippen molar-refractivity contribution in [3.8, 4) is 33.4 Å². The zero-order valence-electron chi connectivity index (χ0n) is 24.2. The molecule has 4 saturated heterocycles. The molecule has 0 aromatic heterocycles. The van der Waals surface area contributed by atoms with Gasteiger partial charge in [0.05, 0.1) is 62.2 Å². The molecule has 4 unspecified atom stereocenters. The smallest absolute Gasteiger partial charge is 0.0850 e. The van der Waals surface area contributed by atoms with Gasteiger partial charge in [-0.05, 0) is 62.1 Å². The molecule has 4 heterocycles. The summed E-state index contributed by atoms with van der Waals surface area (Å²) in [5, 5.41) is 0. The molecular weight excluding hydrogens is 536 g/mol. The van der Waals surface area contributed by atoms with Gasteiger partial charge in [-0.1, -0.05) is 60.7 Å². The van der Waals surface area contributed by atoms with Crippen LogP contribution in [0.25, 0.3) is 33.4 Å². The molecule has 1 aliphatic carbocycles. The first-order valence-electron chi connectivity index (χ1n) is 15.6. The average molecular weight is 573 g/mol. The largest absolute Gasteiger partial charge is 0.397 e. The summed E-state index contributed by atoms with van der Waals surface area (Å²) < 4.78 is 23.4. The van der Waals surface area contributed by atoms with Crippen molar-refractivity contribution in [1.82, 2.24) is 0 Å². The number of nitrogens with two attached hydrogens (primary N) is 2. The SMILES string of the molecule is Nc1c(N)c(-c2ccccc2)c(-c2ccccc2)c2c1-c1c(c(CC3CO3)c(CC3CO3)c(CC3CO3)c1CC1CO1)C2. The van der Waals surface area contributed by atoms with E-state index in [2.05, 4.69) is 54.6 Å². The van der Waals surface area contributed by atoms with Crippen molar-refractivity contribution >= 4 is 11.4 Å². The summed E-state index contributed by atoms with van der Waals surface area (Å²) in [4.78, 5) is 0. The molecule has 6 nitrogen and oxygen atoms in total. The van der Waals surface area contributed by atoms with Crippen LogP contribution in [0.1, 0.15) is 33.4 Å². The van der Waals surface area contributed by atoms with Gasteiger partial charge in [0.15, 0.2) is 0 Å². The molecule has 6 heteroatoms. The summed E-state index contributed by atoms with van der Waals surface area (Å²) >= 11 is 0. The minimum absolute atomic E-state index is 0.241. The van der Waals surface area contributed by atoms with Crippen LogP contribution < -0.4 is 11.5 Å². The average Bonchev–Trinajstić information content (AvgIpc) is 3.83. The minimum Gasteiger partial charge on any atom is -0.397 e. The molecule has 4 aromatic carbocycles. The number of rotatable bonds is 10. The van der Waals surface area contributed by atoms with Crippen LogP contribution in [-0.4, -0.2) is 50.8 Å². The molecule has 5 aliphatic rings. The van der Waals surface area contributed by atoms with Gasteiger partial charge >= 0.3 is 0 Å². The molecule has 0 bridgehead atoms. The van der Waals surface area contributed by atoms with Gasteiger partial charge in [-0.2, -0.15) is 0 Å². The van der Waals surface area contributed by atoms with E-state index in [0.717, 1.165) is 80.8 Å². The van der Waals surface area contributed by atoms with E-state index in [1.807, 2.05) is 6.07 Å². The highest BCUT2D eigenvalue weighted by molar-refractivity contribution is 6.07. The molecule has 0 saturated carbocycles. The molecular formula is C37H36N2O4. The maximum absolute atomic E-state index is 7.18. The lowest BCUT2D eigenvalue weighted by molar-refractivity contribution is 0.395. The Balaban J connectivity index is 1.35. The van der Waals surface area contributed by atoms with Gasteiger partial charge < -0.3 is 30.4 Å². The molecule has 4 N–H and O–H groups in total. The highest BCUT2D eigenvalue weighted by Crippen LogP contribution is 2.56. The molecule has 4 aliphatic heterocycles. The van der Waals surface area contributed by atoms with E-state index in [1.165, 1.54) is 44.5 Å². The Morgan fingerprint density at radius 3 is 1.40 bits per heavy atom. The van der Waals surface area contributed by atoms with Crippen LogP contribution in [0.3, 0.4) is 0 Å². The molecule has 9 rings (SSSR count). The van der Waals surface area contributed by atoms with Crippen LogP contribution in [0.2, 0.25) is 0 Å². The Labute approximate surface area is 251 Å². The monoisotopic (exact) mass is 572 g/mol. The van der Waals surface area contributed by atoms with Gasteiger partial charge in [-0.25, -0.2) is 0 Å². The fraction of sp³-hybridized carbons (Fsp3) is 0.351. The number of nitrogen functional groups attached to an aromatic ring is 2. The summed E-state index contributed by atoms with van der Waals surface area (Å²) in [6.45, 7) is 3.28. The van der Waals surface area contributed by atoms with Crippen LogP contribution in [-0.2, 0) is 51.1 Å². The molecule has 4 atom stereocenters.